The summed E-state index contributed by atoms with van der Waals surface area (Å²) in [6.07, 6.45) is 1.47. The molecule has 0 saturated carbocycles. The predicted octanol–water partition coefficient (Wildman–Crippen LogP) is 3.35. The first-order valence-corrected chi connectivity index (χ1v) is 12.1. The zero-order valence-corrected chi connectivity index (χ0v) is 15.2. The molecule has 2 aromatic rings. The van der Waals surface area contributed by atoms with Crippen LogP contribution in [0.25, 0.3) is 0 Å². The summed E-state index contributed by atoms with van der Waals surface area (Å²) in [6, 6.07) is 14.6. The van der Waals surface area contributed by atoms with Crippen LogP contribution in [-0.2, 0) is 10.0 Å². The van der Waals surface area contributed by atoms with Crippen LogP contribution in [0.2, 0.25) is 19.6 Å². The molecule has 0 fully saturated rings. The highest BCUT2D eigenvalue weighted by Gasteiger charge is 2.19. The number of hydrogen-bond acceptors (Lipinski definition) is 2. The third kappa shape index (κ3) is 3.93. The Balaban J connectivity index is 2.38. The van der Waals surface area contributed by atoms with E-state index in [9.17, 15) is 8.42 Å². The van der Waals surface area contributed by atoms with Gasteiger partial charge in [-0.05, 0) is 24.6 Å². The van der Waals surface area contributed by atoms with Crippen molar-refractivity contribution in [2.75, 3.05) is 0 Å². The number of nitrogens with zero attached hydrogens (tertiary/aromatic N) is 1. The van der Waals surface area contributed by atoms with E-state index >= 15 is 0 Å². The molecule has 0 atom stereocenters. The van der Waals surface area contributed by atoms with Gasteiger partial charge in [0.1, 0.15) is 0 Å². The maximum absolute atomic E-state index is 12.3. The minimum absolute atomic E-state index is 0.222. The number of rotatable bonds is 4. The SMILES string of the molecule is Cc1ccc(S(=O)(=O)/N=C/c2ccccc2[Si](C)(C)C)cc1. The van der Waals surface area contributed by atoms with Gasteiger partial charge in [0.15, 0.2) is 0 Å². The van der Waals surface area contributed by atoms with Crippen molar-refractivity contribution in [3.63, 3.8) is 0 Å². The van der Waals surface area contributed by atoms with Crippen LogP contribution in [0.4, 0.5) is 0 Å². The first-order chi connectivity index (χ1) is 10.2. The van der Waals surface area contributed by atoms with Crippen LogP contribution in [0.1, 0.15) is 11.1 Å². The second kappa shape index (κ2) is 6.18. The molecule has 0 amide bonds. The third-order valence-electron chi connectivity index (χ3n) is 3.42. The van der Waals surface area contributed by atoms with Crippen molar-refractivity contribution in [2.24, 2.45) is 4.40 Å². The molecule has 0 N–H and O–H groups in total. The Hall–Kier alpha value is -1.72. The van der Waals surface area contributed by atoms with Crippen LogP contribution in [0.15, 0.2) is 57.8 Å². The highest BCUT2D eigenvalue weighted by Crippen LogP contribution is 2.13. The molecule has 0 aliphatic rings. The molecule has 0 heterocycles. The van der Waals surface area contributed by atoms with Crippen molar-refractivity contribution in [3.05, 3.63) is 59.7 Å². The summed E-state index contributed by atoms with van der Waals surface area (Å²) < 4.78 is 28.5. The van der Waals surface area contributed by atoms with Gasteiger partial charge in [0.2, 0.25) is 0 Å². The van der Waals surface area contributed by atoms with E-state index in [1.54, 1.807) is 24.3 Å². The standard InChI is InChI=1S/C17H21NO2SSi/c1-14-9-11-16(12-10-14)21(19,20)18-13-15-7-5-6-8-17(15)22(2,3)4/h5-13H,1-4H3/b18-13+. The maximum Gasteiger partial charge on any atom is 0.282 e. The van der Waals surface area contributed by atoms with Gasteiger partial charge in [-0.3, -0.25) is 0 Å². The van der Waals surface area contributed by atoms with Crippen molar-refractivity contribution in [2.45, 2.75) is 31.5 Å². The monoisotopic (exact) mass is 331 g/mol. The summed E-state index contributed by atoms with van der Waals surface area (Å²) in [5, 5.41) is 1.21. The highest BCUT2D eigenvalue weighted by atomic mass is 32.2. The van der Waals surface area contributed by atoms with E-state index in [-0.39, 0.29) is 4.90 Å². The van der Waals surface area contributed by atoms with Crippen LogP contribution in [-0.4, -0.2) is 22.7 Å². The topological polar surface area (TPSA) is 46.5 Å². The number of aryl methyl sites for hydroxylation is 1. The molecule has 22 heavy (non-hydrogen) atoms. The molecule has 0 bridgehead atoms. The van der Waals surface area contributed by atoms with Crippen LogP contribution in [0.3, 0.4) is 0 Å². The zero-order chi connectivity index (χ0) is 16.4. The van der Waals surface area contributed by atoms with Crippen LogP contribution in [0.5, 0.6) is 0 Å². The Labute approximate surface area is 133 Å². The van der Waals surface area contributed by atoms with Gasteiger partial charge in [-0.15, -0.1) is 0 Å². The molecular formula is C17H21NO2SSi. The minimum Gasteiger partial charge on any atom is -0.199 e. The van der Waals surface area contributed by atoms with Crippen LogP contribution >= 0.6 is 0 Å². The van der Waals surface area contributed by atoms with Crippen molar-refractivity contribution in [1.82, 2.24) is 0 Å². The minimum atomic E-state index is -3.65. The van der Waals surface area contributed by atoms with Gasteiger partial charge in [0.25, 0.3) is 10.0 Å². The van der Waals surface area contributed by atoms with E-state index < -0.39 is 18.1 Å². The van der Waals surface area contributed by atoms with E-state index in [0.717, 1.165) is 11.1 Å². The largest absolute Gasteiger partial charge is 0.282 e. The molecule has 0 radical (unpaired) electrons. The Bertz CT molecular complexity index is 788. The summed E-state index contributed by atoms with van der Waals surface area (Å²) in [5.74, 6) is 0. The van der Waals surface area contributed by atoms with Gasteiger partial charge < -0.3 is 0 Å². The Morgan fingerprint density at radius 1 is 0.955 bits per heavy atom. The molecule has 2 aromatic carbocycles. The smallest absolute Gasteiger partial charge is 0.199 e. The van der Waals surface area contributed by atoms with Crippen LogP contribution < -0.4 is 5.19 Å². The van der Waals surface area contributed by atoms with Gasteiger partial charge in [0.05, 0.1) is 13.0 Å². The highest BCUT2D eigenvalue weighted by molar-refractivity contribution is 7.90. The van der Waals surface area contributed by atoms with Gasteiger partial charge in [0, 0.05) is 6.21 Å². The lowest BCUT2D eigenvalue weighted by molar-refractivity contribution is 0.598. The van der Waals surface area contributed by atoms with Crippen molar-refractivity contribution in [1.29, 1.82) is 0 Å². The molecule has 2 rings (SSSR count). The second-order valence-electron chi connectivity index (χ2n) is 6.36. The zero-order valence-electron chi connectivity index (χ0n) is 13.4. The quantitative estimate of drug-likeness (QED) is 0.637. The van der Waals surface area contributed by atoms with Crippen molar-refractivity contribution >= 4 is 29.5 Å². The van der Waals surface area contributed by atoms with E-state index in [2.05, 4.69) is 30.1 Å². The average Bonchev–Trinajstić information content (AvgIpc) is 2.45. The number of benzene rings is 2. The lowest BCUT2D eigenvalue weighted by Gasteiger charge is -2.18. The summed E-state index contributed by atoms with van der Waals surface area (Å²) in [5.41, 5.74) is 1.91. The molecule has 0 aliphatic carbocycles. The van der Waals surface area contributed by atoms with Crippen molar-refractivity contribution < 1.29 is 8.42 Å². The fourth-order valence-corrected chi connectivity index (χ4v) is 4.65. The predicted molar refractivity (Wildman–Crippen MR) is 95.4 cm³/mol. The molecular weight excluding hydrogens is 310 g/mol. The van der Waals surface area contributed by atoms with Gasteiger partial charge in [-0.1, -0.05) is 66.8 Å². The van der Waals surface area contributed by atoms with E-state index in [1.807, 2.05) is 25.1 Å². The Kier molecular flexibility index (Phi) is 4.68. The summed E-state index contributed by atoms with van der Waals surface area (Å²) in [6.45, 7) is 8.61. The normalized spacial score (nSPS) is 12.7. The van der Waals surface area contributed by atoms with E-state index in [1.165, 1.54) is 11.4 Å². The first kappa shape index (κ1) is 16.6. The summed E-state index contributed by atoms with van der Waals surface area (Å²) in [7, 11) is -5.20. The Morgan fingerprint density at radius 2 is 1.55 bits per heavy atom. The fourth-order valence-electron chi connectivity index (χ4n) is 2.19. The molecule has 3 nitrogen and oxygen atoms in total. The van der Waals surface area contributed by atoms with Gasteiger partial charge in [-0.2, -0.15) is 12.8 Å². The number of sulfonamides is 1. The average molecular weight is 332 g/mol. The fraction of sp³-hybridized carbons (Fsp3) is 0.235. The van der Waals surface area contributed by atoms with Gasteiger partial charge in [-0.25, -0.2) is 0 Å². The molecule has 0 saturated heterocycles. The number of hydrogen-bond donors (Lipinski definition) is 0. The van der Waals surface area contributed by atoms with Crippen LogP contribution in [0, 0.1) is 6.92 Å². The lowest BCUT2D eigenvalue weighted by atomic mass is 10.2. The molecule has 0 spiro atoms. The summed E-state index contributed by atoms with van der Waals surface area (Å²) >= 11 is 0. The van der Waals surface area contributed by atoms with Gasteiger partial charge >= 0.3 is 0 Å². The lowest BCUT2D eigenvalue weighted by Crippen LogP contribution is -2.40. The molecule has 0 unspecified atom stereocenters. The maximum atomic E-state index is 12.3. The molecule has 0 aliphatic heterocycles. The Morgan fingerprint density at radius 3 is 2.14 bits per heavy atom. The second-order valence-corrected chi connectivity index (χ2v) is 13.0. The van der Waals surface area contributed by atoms with E-state index in [0.29, 0.717) is 0 Å². The van der Waals surface area contributed by atoms with Crippen molar-refractivity contribution in [3.8, 4) is 0 Å². The molecule has 5 heteroatoms. The first-order valence-electron chi connectivity index (χ1n) is 7.17. The summed E-state index contributed by atoms with van der Waals surface area (Å²) in [4.78, 5) is 0.222. The van der Waals surface area contributed by atoms with E-state index in [4.69, 9.17) is 0 Å². The molecule has 116 valence electrons. The molecule has 0 aromatic heterocycles. The third-order valence-corrected chi connectivity index (χ3v) is 6.74.